The fourth-order valence-electron chi connectivity index (χ4n) is 1.06. The average Bonchev–Trinajstić information content (AvgIpc) is 2.22. The number of unbranched alkanes of at least 4 members (excludes halogenated alkanes) is 1. The van der Waals surface area contributed by atoms with Gasteiger partial charge in [0.1, 0.15) is 11.3 Å². The second-order valence-corrected chi connectivity index (χ2v) is 3.59. The predicted octanol–water partition coefficient (Wildman–Crippen LogP) is 3.00. The molecule has 1 N–H and O–H groups in total. The third-order valence-electron chi connectivity index (χ3n) is 1.91. The molecule has 1 aromatic carbocycles. The highest BCUT2D eigenvalue weighted by Gasteiger charge is 2.12. The van der Waals surface area contributed by atoms with Gasteiger partial charge in [0.2, 0.25) is 0 Å². The van der Waals surface area contributed by atoms with Gasteiger partial charge in [-0.3, -0.25) is 0 Å². The van der Waals surface area contributed by atoms with E-state index in [2.05, 4.69) is 0 Å². The first-order valence-corrected chi connectivity index (χ1v) is 5.18. The van der Waals surface area contributed by atoms with E-state index >= 15 is 0 Å². The molecule has 0 aliphatic carbocycles. The highest BCUT2D eigenvalue weighted by molar-refractivity contribution is 6.31. The molecule has 0 fully saturated rings. The number of phenolic OH excluding ortho intramolecular Hbond substituents is 1. The minimum Gasteiger partial charge on any atom is -0.507 e. The fourth-order valence-corrected chi connectivity index (χ4v) is 1.23. The van der Waals surface area contributed by atoms with Crippen molar-refractivity contribution in [3.63, 3.8) is 0 Å². The molecule has 0 heterocycles. The van der Waals surface area contributed by atoms with Gasteiger partial charge >= 0.3 is 5.97 Å². The molecular weight excluding hydrogens is 216 g/mol. The Hall–Kier alpha value is -1.22. The van der Waals surface area contributed by atoms with Crippen LogP contribution in [0.1, 0.15) is 30.1 Å². The lowest BCUT2D eigenvalue weighted by atomic mass is 10.2. The van der Waals surface area contributed by atoms with Gasteiger partial charge in [-0.2, -0.15) is 0 Å². The number of halogens is 1. The van der Waals surface area contributed by atoms with Crippen LogP contribution in [-0.4, -0.2) is 17.7 Å². The number of ether oxygens (including phenoxy) is 1. The molecule has 1 rings (SSSR count). The molecule has 0 saturated heterocycles. The zero-order valence-electron chi connectivity index (χ0n) is 8.50. The Kier molecular flexibility index (Phi) is 4.43. The van der Waals surface area contributed by atoms with Gasteiger partial charge in [0, 0.05) is 5.02 Å². The Morgan fingerprint density at radius 1 is 1.53 bits per heavy atom. The van der Waals surface area contributed by atoms with Gasteiger partial charge in [-0.05, 0) is 24.6 Å². The lowest BCUT2D eigenvalue weighted by molar-refractivity contribution is 0.0496. The predicted molar refractivity (Wildman–Crippen MR) is 58.3 cm³/mol. The summed E-state index contributed by atoms with van der Waals surface area (Å²) in [6, 6.07) is 4.28. The van der Waals surface area contributed by atoms with Gasteiger partial charge in [0.25, 0.3) is 0 Å². The lowest BCUT2D eigenvalue weighted by Gasteiger charge is -2.05. The van der Waals surface area contributed by atoms with Crippen molar-refractivity contribution in [2.45, 2.75) is 19.8 Å². The molecule has 0 spiro atoms. The van der Waals surface area contributed by atoms with Crippen LogP contribution in [0.4, 0.5) is 0 Å². The van der Waals surface area contributed by atoms with Crippen LogP contribution in [-0.2, 0) is 4.74 Å². The SMILES string of the molecule is CCCCOC(=O)c1cc(Cl)ccc1O. The fraction of sp³-hybridized carbons (Fsp3) is 0.364. The van der Waals surface area contributed by atoms with Crippen LogP contribution < -0.4 is 0 Å². The summed E-state index contributed by atoms with van der Waals surface area (Å²) in [6.07, 6.45) is 1.77. The molecule has 0 unspecified atom stereocenters. The Morgan fingerprint density at radius 3 is 2.93 bits per heavy atom. The summed E-state index contributed by atoms with van der Waals surface area (Å²) in [7, 11) is 0. The van der Waals surface area contributed by atoms with E-state index in [-0.39, 0.29) is 11.3 Å². The minimum atomic E-state index is -0.538. The van der Waals surface area contributed by atoms with E-state index in [1.807, 2.05) is 6.92 Å². The van der Waals surface area contributed by atoms with E-state index in [0.717, 1.165) is 12.8 Å². The summed E-state index contributed by atoms with van der Waals surface area (Å²) in [6.45, 7) is 2.37. The van der Waals surface area contributed by atoms with Gasteiger partial charge in [-0.25, -0.2) is 4.79 Å². The van der Waals surface area contributed by atoms with Crippen LogP contribution in [0, 0.1) is 0 Å². The van der Waals surface area contributed by atoms with E-state index < -0.39 is 5.97 Å². The molecule has 3 nitrogen and oxygen atoms in total. The number of phenols is 1. The van der Waals surface area contributed by atoms with Crippen LogP contribution in [0.5, 0.6) is 5.75 Å². The van der Waals surface area contributed by atoms with E-state index in [0.29, 0.717) is 11.6 Å². The van der Waals surface area contributed by atoms with Gasteiger partial charge < -0.3 is 9.84 Å². The van der Waals surface area contributed by atoms with Crippen LogP contribution in [0.15, 0.2) is 18.2 Å². The van der Waals surface area contributed by atoms with E-state index in [1.54, 1.807) is 0 Å². The normalized spacial score (nSPS) is 10.0. The molecule has 82 valence electrons. The van der Waals surface area contributed by atoms with Crippen molar-refractivity contribution in [1.82, 2.24) is 0 Å². The number of benzene rings is 1. The van der Waals surface area contributed by atoms with E-state index in [1.165, 1.54) is 18.2 Å². The first kappa shape index (κ1) is 11.9. The maximum Gasteiger partial charge on any atom is 0.341 e. The Bertz CT molecular complexity index is 350. The van der Waals surface area contributed by atoms with E-state index in [4.69, 9.17) is 16.3 Å². The number of carbonyl (C=O) groups is 1. The summed E-state index contributed by atoms with van der Waals surface area (Å²) in [4.78, 5) is 11.5. The van der Waals surface area contributed by atoms with E-state index in [9.17, 15) is 9.90 Å². The van der Waals surface area contributed by atoms with Crippen molar-refractivity contribution in [2.75, 3.05) is 6.61 Å². The highest BCUT2D eigenvalue weighted by atomic mass is 35.5. The minimum absolute atomic E-state index is 0.110. The molecule has 0 saturated carbocycles. The zero-order chi connectivity index (χ0) is 11.3. The van der Waals surface area contributed by atoms with Crippen molar-refractivity contribution in [2.24, 2.45) is 0 Å². The lowest BCUT2D eigenvalue weighted by Crippen LogP contribution is -2.06. The molecular formula is C11H13ClO3. The zero-order valence-corrected chi connectivity index (χ0v) is 9.25. The van der Waals surface area contributed by atoms with Crippen molar-refractivity contribution in [3.05, 3.63) is 28.8 Å². The second-order valence-electron chi connectivity index (χ2n) is 3.15. The van der Waals surface area contributed by atoms with Gasteiger partial charge in [0.05, 0.1) is 6.61 Å². The Morgan fingerprint density at radius 2 is 2.27 bits per heavy atom. The Labute approximate surface area is 93.6 Å². The van der Waals surface area contributed by atoms with Crippen molar-refractivity contribution < 1.29 is 14.6 Å². The van der Waals surface area contributed by atoms with Gasteiger partial charge in [0.15, 0.2) is 0 Å². The first-order valence-electron chi connectivity index (χ1n) is 4.80. The number of rotatable bonds is 4. The molecule has 15 heavy (non-hydrogen) atoms. The van der Waals surface area contributed by atoms with Gasteiger partial charge in [-0.15, -0.1) is 0 Å². The number of esters is 1. The Balaban J connectivity index is 2.68. The summed E-state index contributed by atoms with van der Waals surface area (Å²) in [5, 5.41) is 9.80. The quantitative estimate of drug-likeness (QED) is 0.637. The van der Waals surface area contributed by atoms with Crippen molar-refractivity contribution >= 4 is 17.6 Å². The molecule has 0 atom stereocenters. The third-order valence-corrected chi connectivity index (χ3v) is 2.14. The molecule has 1 aromatic rings. The monoisotopic (exact) mass is 228 g/mol. The number of hydrogen-bond donors (Lipinski definition) is 1. The molecule has 0 amide bonds. The molecule has 0 aromatic heterocycles. The number of hydrogen-bond acceptors (Lipinski definition) is 3. The summed E-state index contributed by atoms with van der Waals surface area (Å²) in [5.41, 5.74) is 0.110. The van der Waals surface area contributed by atoms with Crippen LogP contribution >= 0.6 is 11.6 Å². The van der Waals surface area contributed by atoms with Crippen LogP contribution in [0.3, 0.4) is 0 Å². The molecule has 4 heteroatoms. The van der Waals surface area contributed by atoms with Crippen LogP contribution in [0.25, 0.3) is 0 Å². The van der Waals surface area contributed by atoms with Crippen molar-refractivity contribution in [3.8, 4) is 5.75 Å². The number of aromatic hydroxyl groups is 1. The summed E-state index contributed by atoms with van der Waals surface area (Å²) >= 11 is 5.70. The molecule has 0 aliphatic heterocycles. The first-order chi connectivity index (χ1) is 7.15. The average molecular weight is 229 g/mol. The summed E-state index contributed by atoms with van der Waals surface area (Å²) in [5.74, 6) is -0.649. The largest absolute Gasteiger partial charge is 0.507 e. The molecule has 0 bridgehead atoms. The second kappa shape index (κ2) is 5.61. The molecule has 0 aliphatic rings. The topological polar surface area (TPSA) is 46.5 Å². The van der Waals surface area contributed by atoms with Crippen LogP contribution in [0.2, 0.25) is 5.02 Å². The standard InChI is InChI=1S/C11H13ClO3/c1-2-3-6-15-11(14)9-7-8(12)4-5-10(9)13/h4-5,7,13H,2-3,6H2,1H3. The maximum atomic E-state index is 11.5. The van der Waals surface area contributed by atoms with Gasteiger partial charge in [-0.1, -0.05) is 24.9 Å². The maximum absolute atomic E-state index is 11.5. The number of carbonyl (C=O) groups excluding carboxylic acids is 1. The molecule has 0 radical (unpaired) electrons. The van der Waals surface area contributed by atoms with Crippen molar-refractivity contribution in [1.29, 1.82) is 0 Å². The smallest absolute Gasteiger partial charge is 0.341 e. The summed E-state index contributed by atoms with van der Waals surface area (Å²) < 4.78 is 4.95. The highest BCUT2D eigenvalue weighted by Crippen LogP contribution is 2.22. The third kappa shape index (κ3) is 3.44.